The molecule has 0 bridgehead atoms. The fraction of sp³-hybridized carbons (Fsp3) is 0.923. The minimum Gasteiger partial charge on any atom is -0.382 e. The molecule has 1 heterocycles. The number of aliphatic imine (C=N–C) groups is 1. The zero-order valence-electron chi connectivity index (χ0n) is 12.2. The lowest BCUT2D eigenvalue weighted by Gasteiger charge is -2.31. The molecule has 1 unspecified atom stereocenters. The van der Waals surface area contributed by atoms with Crippen LogP contribution in [0.3, 0.4) is 0 Å². The maximum atomic E-state index is 5.82. The Bertz CT molecular complexity index is 255. The van der Waals surface area contributed by atoms with E-state index in [2.05, 4.69) is 22.1 Å². The van der Waals surface area contributed by atoms with Crippen molar-refractivity contribution in [1.82, 2.24) is 10.2 Å². The first-order valence-corrected chi connectivity index (χ1v) is 7.17. The van der Waals surface area contributed by atoms with Crippen molar-refractivity contribution in [3.8, 4) is 0 Å². The summed E-state index contributed by atoms with van der Waals surface area (Å²) in [7, 11) is 0. The van der Waals surface area contributed by atoms with Gasteiger partial charge in [0.2, 0.25) is 0 Å². The van der Waals surface area contributed by atoms with Crippen LogP contribution in [0.4, 0.5) is 0 Å². The Kier molecular flexibility index (Phi) is 8.53. The topological polar surface area (TPSA) is 72.1 Å². The number of hydrogen-bond donors (Lipinski definition) is 2. The van der Waals surface area contributed by atoms with Gasteiger partial charge in [0, 0.05) is 38.9 Å². The second-order valence-corrected chi connectivity index (χ2v) is 4.70. The number of rotatable bonds is 8. The summed E-state index contributed by atoms with van der Waals surface area (Å²) in [6, 6.07) is 0.410. The fourth-order valence-electron chi connectivity index (χ4n) is 1.96. The molecule has 1 aliphatic heterocycles. The van der Waals surface area contributed by atoms with Crippen LogP contribution in [0.1, 0.15) is 20.3 Å². The maximum Gasteiger partial charge on any atom is 0.188 e. The van der Waals surface area contributed by atoms with Crippen LogP contribution < -0.4 is 11.1 Å². The van der Waals surface area contributed by atoms with Crippen molar-refractivity contribution < 1.29 is 9.47 Å². The van der Waals surface area contributed by atoms with Gasteiger partial charge in [-0.05, 0) is 20.3 Å². The first-order valence-electron chi connectivity index (χ1n) is 7.17. The van der Waals surface area contributed by atoms with E-state index in [1.807, 2.05) is 6.92 Å². The summed E-state index contributed by atoms with van der Waals surface area (Å²) in [6.45, 7) is 10.8. The van der Waals surface area contributed by atoms with Crippen LogP contribution in [0.2, 0.25) is 0 Å². The average Bonchev–Trinajstić information content (AvgIpc) is 2.45. The van der Waals surface area contributed by atoms with E-state index in [1.54, 1.807) is 0 Å². The van der Waals surface area contributed by atoms with E-state index in [1.165, 1.54) is 0 Å². The quantitative estimate of drug-likeness (QED) is 0.371. The third-order valence-electron chi connectivity index (χ3n) is 3.17. The second kappa shape index (κ2) is 10.00. The SMILES string of the molecule is CCOCCCNC(N)=NCC(C)N1CCOCC1. The first kappa shape index (κ1) is 16.2. The van der Waals surface area contributed by atoms with Gasteiger partial charge in [0.1, 0.15) is 0 Å². The van der Waals surface area contributed by atoms with Crippen LogP contribution in [0.25, 0.3) is 0 Å². The Morgan fingerprint density at radius 2 is 2.21 bits per heavy atom. The highest BCUT2D eigenvalue weighted by atomic mass is 16.5. The van der Waals surface area contributed by atoms with Gasteiger partial charge >= 0.3 is 0 Å². The van der Waals surface area contributed by atoms with Gasteiger partial charge in [-0.3, -0.25) is 9.89 Å². The van der Waals surface area contributed by atoms with Crippen LogP contribution in [-0.4, -0.2) is 69.5 Å². The van der Waals surface area contributed by atoms with Gasteiger partial charge in [-0.15, -0.1) is 0 Å². The molecular weight excluding hydrogens is 244 g/mol. The summed E-state index contributed by atoms with van der Waals surface area (Å²) in [6.07, 6.45) is 0.947. The third kappa shape index (κ3) is 7.34. The molecule has 0 aromatic rings. The van der Waals surface area contributed by atoms with Crippen LogP contribution >= 0.6 is 0 Å². The van der Waals surface area contributed by atoms with Gasteiger partial charge < -0.3 is 20.5 Å². The molecule has 0 aromatic heterocycles. The molecule has 0 amide bonds. The summed E-state index contributed by atoms with van der Waals surface area (Å²) < 4.78 is 10.6. The Morgan fingerprint density at radius 3 is 2.89 bits per heavy atom. The van der Waals surface area contributed by atoms with Crippen LogP contribution in [0.15, 0.2) is 4.99 Å². The molecule has 6 nitrogen and oxygen atoms in total. The maximum absolute atomic E-state index is 5.82. The third-order valence-corrected chi connectivity index (χ3v) is 3.17. The largest absolute Gasteiger partial charge is 0.382 e. The standard InChI is InChI=1S/C13H28N4O2/c1-3-18-8-4-5-15-13(14)16-11-12(2)17-6-9-19-10-7-17/h12H,3-11H2,1-2H3,(H3,14,15,16). The predicted octanol–water partition coefficient (Wildman–Crippen LogP) is 0.0380. The van der Waals surface area contributed by atoms with E-state index >= 15 is 0 Å². The van der Waals surface area contributed by atoms with Crippen LogP contribution in [0.5, 0.6) is 0 Å². The second-order valence-electron chi connectivity index (χ2n) is 4.70. The van der Waals surface area contributed by atoms with Crippen molar-refractivity contribution in [2.45, 2.75) is 26.3 Å². The number of nitrogens with zero attached hydrogens (tertiary/aromatic N) is 2. The van der Waals surface area contributed by atoms with Crippen molar-refractivity contribution >= 4 is 5.96 Å². The molecule has 1 fully saturated rings. The molecule has 19 heavy (non-hydrogen) atoms. The Morgan fingerprint density at radius 1 is 1.47 bits per heavy atom. The monoisotopic (exact) mass is 272 g/mol. The molecule has 1 atom stereocenters. The molecule has 6 heteroatoms. The normalized spacial score (nSPS) is 19.4. The lowest BCUT2D eigenvalue weighted by atomic mass is 10.2. The van der Waals surface area contributed by atoms with E-state index in [0.717, 1.165) is 59.0 Å². The van der Waals surface area contributed by atoms with Gasteiger partial charge in [-0.25, -0.2) is 0 Å². The van der Waals surface area contributed by atoms with Crippen LogP contribution in [0, 0.1) is 0 Å². The van der Waals surface area contributed by atoms with E-state index < -0.39 is 0 Å². The summed E-state index contributed by atoms with van der Waals surface area (Å²) in [5.41, 5.74) is 5.82. The van der Waals surface area contributed by atoms with Crippen molar-refractivity contribution in [2.75, 3.05) is 52.6 Å². The van der Waals surface area contributed by atoms with Crippen molar-refractivity contribution in [3.05, 3.63) is 0 Å². The van der Waals surface area contributed by atoms with Gasteiger partial charge in [0.25, 0.3) is 0 Å². The molecule has 1 rings (SSSR count). The van der Waals surface area contributed by atoms with Crippen LogP contribution in [-0.2, 0) is 9.47 Å². The minimum atomic E-state index is 0.410. The number of nitrogens with one attached hydrogen (secondary N) is 1. The Balaban J connectivity index is 2.11. The van der Waals surface area contributed by atoms with Crippen molar-refractivity contribution in [1.29, 1.82) is 0 Å². The molecule has 112 valence electrons. The number of nitrogens with two attached hydrogens (primary N) is 1. The highest BCUT2D eigenvalue weighted by molar-refractivity contribution is 5.77. The minimum absolute atomic E-state index is 0.410. The zero-order valence-corrected chi connectivity index (χ0v) is 12.2. The number of morpholine rings is 1. The molecule has 0 spiro atoms. The fourth-order valence-corrected chi connectivity index (χ4v) is 1.96. The lowest BCUT2D eigenvalue weighted by Crippen LogP contribution is -2.44. The highest BCUT2D eigenvalue weighted by Gasteiger charge is 2.16. The van der Waals surface area contributed by atoms with E-state index in [4.69, 9.17) is 15.2 Å². The summed E-state index contributed by atoms with van der Waals surface area (Å²) in [5.74, 6) is 0.525. The molecule has 0 aliphatic carbocycles. The molecular formula is C13H28N4O2. The summed E-state index contributed by atoms with van der Waals surface area (Å²) in [5, 5.41) is 3.10. The van der Waals surface area contributed by atoms with Crippen molar-refractivity contribution in [3.63, 3.8) is 0 Å². The Hall–Kier alpha value is -0.850. The van der Waals surface area contributed by atoms with E-state index in [0.29, 0.717) is 12.0 Å². The molecule has 0 radical (unpaired) electrons. The van der Waals surface area contributed by atoms with Gasteiger partial charge in [-0.1, -0.05) is 0 Å². The van der Waals surface area contributed by atoms with Gasteiger partial charge in [0.15, 0.2) is 5.96 Å². The lowest BCUT2D eigenvalue weighted by molar-refractivity contribution is 0.0220. The number of ether oxygens (including phenoxy) is 2. The van der Waals surface area contributed by atoms with E-state index in [9.17, 15) is 0 Å². The highest BCUT2D eigenvalue weighted by Crippen LogP contribution is 2.03. The number of hydrogen-bond acceptors (Lipinski definition) is 4. The van der Waals surface area contributed by atoms with Gasteiger partial charge in [-0.2, -0.15) is 0 Å². The Labute approximate surface area is 116 Å². The first-order chi connectivity index (χ1) is 9.24. The molecule has 1 aliphatic rings. The molecule has 1 saturated heterocycles. The molecule has 3 N–H and O–H groups in total. The predicted molar refractivity (Wildman–Crippen MR) is 77.5 cm³/mol. The number of guanidine groups is 1. The molecule has 0 saturated carbocycles. The molecule has 0 aromatic carbocycles. The smallest absolute Gasteiger partial charge is 0.188 e. The van der Waals surface area contributed by atoms with Gasteiger partial charge in [0.05, 0.1) is 19.8 Å². The summed E-state index contributed by atoms with van der Waals surface area (Å²) in [4.78, 5) is 6.76. The average molecular weight is 272 g/mol. The summed E-state index contributed by atoms with van der Waals surface area (Å²) >= 11 is 0. The van der Waals surface area contributed by atoms with E-state index in [-0.39, 0.29) is 0 Å². The zero-order chi connectivity index (χ0) is 13.9. The van der Waals surface area contributed by atoms with Crippen molar-refractivity contribution in [2.24, 2.45) is 10.7 Å².